The summed E-state index contributed by atoms with van der Waals surface area (Å²) < 4.78 is 36.7. The Kier molecular flexibility index (Phi) is 13.5. The van der Waals surface area contributed by atoms with Gasteiger partial charge in [0, 0.05) is 31.8 Å². The van der Waals surface area contributed by atoms with E-state index in [1.165, 1.54) is 0 Å². The van der Waals surface area contributed by atoms with Crippen molar-refractivity contribution in [2.75, 3.05) is 37.9 Å². The molecule has 1 aromatic rings. The number of ketones is 1. The highest BCUT2D eigenvalue weighted by Gasteiger charge is 2.45. The topological polar surface area (TPSA) is 110 Å². The van der Waals surface area contributed by atoms with Crippen molar-refractivity contribution < 1.29 is 43.1 Å². The van der Waals surface area contributed by atoms with E-state index in [0.29, 0.717) is 38.4 Å². The molecule has 3 aliphatic rings. The van der Waals surface area contributed by atoms with E-state index in [4.69, 9.17) is 33.5 Å². The second-order valence-corrected chi connectivity index (χ2v) is 11.8. The van der Waals surface area contributed by atoms with E-state index < -0.39 is 12.1 Å². The highest BCUT2D eigenvalue weighted by atomic mass is 32.2. The van der Waals surface area contributed by atoms with Crippen molar-refractivity contribution in [3.8, 4) is 5.75 Å². The summed E-state index contributed by atoms with van der Waals surface area (Å²) in [4.78, 5) is 23.9. The highest BCUT2D eigenvalue weighted by Crippen LogP contribution is 2.33. The molecule has 224 valence electrons. The van der Waals surface area contributed by atoms with E-state index in [0.717, 1.165) is 56.4 Å². The zero-order valence-electron chi connectivity index (χ0n) is 23.3. The Balaban J connectivity index is 1.37. The van der Waals surface area contributed by atoms with Crippen LogP contribution in [0.3, 0.4) is 0 Å². The molecule has 2 saturated heterocycles. The highest BCUT2D eigenvalue weighted by molar-refractivity contribution is 7.99. The maximum atomic E-state index is 13.2. The zero-order valence-corrected chi connectivity index (χ0v) is 24.1. The van der Waals surface area contributed by atoms with E-state index in [1.54, 1.807) is 11.8 Å². The predicted molar refractivity (Wildman–Crippen MR) is 151 cm³/mol. The summed E-state index contributed by atoms with van der Waals surface area (Å²) in [5.41, 5.74) is 0. The molecule has 1 aliphatic carbocycles. The molecule has 1 aromatic carbocycles. The summed E-state index contributed by atoms with van der Waals surface area (Å²) in [5.74, 6) is 1.22. The van der Waals surface area contributed by atoms with Gasteiger partial charge in [-0.05, 0) is 69.3 Å². The lowest BCUT2D eigenvalue weighted by molar-refractivity contribution is -0.226. The van der Waals surface area contributed by atoms with Crippen LogP contribution in [0.4, 0.5) is 0 Å². The molecule has 0 amide bonds. The van der Waals surface area contributed by atoms with Crippen LogP contribution in [-0.4, -0.2) is 85.7 Å². The number of hydrogen-bond acceptors (Lipinski definition) is 9. The van der Waals surface area contributed by atoms with E-state index in [2.05, 4.69) is 0 Å². The zero-order chi connectivity index (χ0) is 28.0. The quantitative estimate of drug-likeness (QED) is 0.257. The number of hydrogen-bond donors (Lipinski definition) is 1. The number of para-hydroxylation sites is 1. The molecule has 0 bridgehead atoms. The van der Waals surface area contributed by atoms with E-state index in [-0.39, 0.29) is 49.5 Å². The summed E-state index contributed by atoms with van der Waals surface area (Å²) in [6.45, 7) is 1.89. The summed E-state index contributed by atoms with van der Waals surface area (Å²) in [7, 11) is 0. The number of carbonyl (C=O) groups excluding carboxylic acids is 1. The van der Waals surface area contributed by atoms with E-state index in [9.17, 15) is 9.59 Å². The lowest BCUT2D eigenvalue weighted by Gasteiger charge is -2.32. The molecule has 1 N–H and O–H groups in total. The standard InChI is InChI=1S/C30H44O9S/c31-25-18-26(39-29-14-5-8-16-35-29)30(24(25)21-40-17-9-6-12-27(32)33)37-20-23(38-28-13-4-7-15-34-28)19-36-22-10-2-1-3-11-22/h1-3,10-11,23-24,26,28-30H,4-9,12-21H2,(H,32,33). The van der Waals surface area contributed by atoms with Gasteiger partial charge in [-0.15, -0.1) is 0 Å². The molecular weight excluding hydrogens is 536 g/mol. The van der Waals surface area contributed by atoms with Gasteiger partial charge in [0.2, 0.25) is 0 Å². The van der Waals surface area contributed by atoms with Gasteiger partial charge < -0.3 is 33.5 Å². The SMILES string of the molecule is O=C(O)CCCCSCC1C(=O)CC(OC2CCCCO2)C1OCC(COc1ccccc1)OC1CCCCO1. The lowest BCUT2D eigenvalue weighted by atomic mass is 10.1. The average molecular weight is 581 g/mol. The molecular formula is C30H44O9S. The van der Waals surface area contributed by atoms with Crippen molar-refractivity contribution in [1.82, 2.24) is 0 Å². The monoisotopic (exact) mass is 580 g/mol. The number of carbonyl (C=O) groups is 2. The number of carboxylic acids is 1. The Morgan fingerprint density at radius 2 is 1.75 bits per heavy atom. The normalized spacial score (nSPS) is 27.9. The third kappa shape index (κ3) is 10.6. The Hall–Kier alpha value is -1.69. The Morgan fingerprint density at radius 1 is 1.00 bits per heavy atom. The third-order valence-electron chi connectivity index (χ3n) is 7.41. The molecule has 4 rings (SSSR count). The second-order valence-electron chi connectivity index (χ2n) is 10.6. The minimum absolute atomic E-state index is 0.137. The van der Waals surface area contributed by atoms with Gasteiger partial charge >= 0.3 is 5.97 Å². The first-order chi connectivity index (χ1) is 19.6. The first-order valence-electron chi connectivity index (χ1n) is 14.7. The molecule has 0 radical (unpaired) electrons. The molecule has 6 atom stereocenters. The van der Waals surface area contributed by atoms with Crippen molar-refractivity contribution in [1.29, 1.82) is 0 Å². The van der Waals surface area contributed by atoms with Gasteiger partial charge in [-0.25, -0.2) is 0 Å². The van der Waals surface area contributed by atoms with Crippen LogP contribution in [0.2, 0.25) is 0 Å². The number of carboxylic acid groups (broad SMARTS) is 1. The molecule has 0 aromatic heterocycles. The Labute approximate surface area is 241 Å². The number of rotatable bonds is 17. The van der Waals surface area contributed by atoms with Gasteiger partial charge in [0.1, 0.15) is 24.2 Å². The van der Waals surface area contributed by atoms with E-state index in [1.807, 2.05) is 30.3 Å². The minimum Gasteiger partial charge on any atom is -0.491 e. The van der Waals surface area contributed by atoms with Gasteiger partial charge in [-0.2, -0.15) is 11.8 Å². The minimum atomic E-state index is -0.777. The average Bonchev–Trinajstić information content (AvgIpc) is 3.26. The van der Waals surface area contributed by atoms with Crippen LogP contribution >= 0.6 is 11.8 Å². The molecule has 2 aliphatic heterocycles. The maximum absolute atomic E-state index is 13.2. The fourth-order valence-corrected chi connectivity index (χ4v) is 6.44. The van der Waals surface area contributed by atoms with Crippen LogP contribution in [-0.2, 0) is 33.3 Å². The molecule has 0 spiro atoms. The van der Waals surface area contributed by atoms with Crippen LogP contribution in [0, 0.1) is 5.92 Å². The van der Waals surface area contributed by atoms with Gasteiger partial charge in [-0.1, -0.05) is 18.2 Å². The Bertz CT molecular complexity index is 873. The van der Waals surface area contributed by atoms with Crippen molar-refractivity contribution in [2.45, 2.75) is 95.1 Å². The largest absolute Gasteiger partial charge is 0.491 e. The van der Waals surface area contributed by atoms with Crippen molar-refractivity contribution in [3.63, 3.8) is 0 Å². The number of thioether (sulfide) groups is 1. The van der Waals surface area contributed by atoms with Gasteiger partial charge in [0.25, 0.3) is 0 Å². The molecule has 2 heterocycles. The maximum Gasteiger partial charge on any atom is 0.303 e. The number of unbranched alkanes of at least 4 members (excludes halogenated alkanes) is 1. The summed E-state index contributed by atoms with van der Waals surface area (Å²) >= 11 is 1.67. The molecule has 10 heteroatoms. The van der Waals surface area contributed by atoms with Crippen molar-refractivity contribution in [2.24, 2.45) is 5.92 Å². The second kappa shape index (κ2) is 17.3. The summed E-state index contributed by atoms with van der Waals surface area (Å²) in [6.07, 6.45) is 5.90. The number of aliphatic carboxylic acids is 1. The first-order valence-corrected chi connectivity index (χ1v) is 15.9. The lowest BCUT2D eigenvalue weighted by Crippen LogP contribution is -2.41. The van der Waals surface area contributed by atoms with Crippen LogP contribution in [0.15, 0.2) is 30.3 Å². The molecule has 1 saturated carbocycles. The fourth-order valence-electron chi connectivity index (χ4n) is 5.23. The van der Waals surface area contributed by atoms with Crippen LogP contribution in [0.25, 0.3) is 0 Å². The predicted octanol–water partition coefficient (Wildman–Crippen LogP) is 4.85. The van der Waals surface area contributed by atoms with Crippen LogP contribution in [0.5, 0.6) is 5.75 Å². The smallest absolute Gasteiger partial charge is 0.303 e. The number of ether oxygens (including phenoxy) is 6. The van der Waals surface area contributed by atoms with Crippen molar-refractivity contribution >= 4 is 23.5 Å². The van der Waals surface area contributed by atoms with E-state index >= 15 is 0 Å². The van der Waals surface area contributed by atoms with Crippen LogP contribution < -0.4 is 4.74 Å². The van der Waals surface area contributed by atoms with Crippen molar-refractivity contribution in [3.05, 3.63) is 30.3 Å². The van der Waals surface area contributed by atoms with Gasteiger partial charge in [-0.3, -0.25) is 9.59 Å². The third-order valence-corrected chi connectivity index (χ3v) is 8.58. The number of benzene rings is 1. The van der Waals surface area contributed by atoms with Crippen LogP contribution in [0.1, 0.15) is 64.2 Å². The summed E-state index contributed by atoms with van der Waals surface area (Å²) in [6, 6.07) is 9.60. The molecule has 9 nitrogen and oxygen atoms in total. The van der Waals surface area contributed by atoms with Gasteiger partial charge in [0.05, 0.1) is 24.7 Å². The molecule has 6 unspecified atom stereocenters. The summed E-state index contributed by atoms with van der Waals surface area (Å²) in [5, 5.41) is 8.87. The van der Waals surface area contributed by atoms with Gasteiger partial charge in [0.15, 0.2) is 12.6 Å². The first kappa shape index (κ1) is 31.3. The molecule has 40 heavy (non-hydrogen) atoms. The fraction of sp³-hybridized carbons (Fsp3) is 0.733. The Morgan fingerprint density at radius 3 is 2.45 bits per heavy atom. The molecule has 3 fully saturated rings. The number of Topliss-reactive ketones (excluding diaryl/α,β-unsaturated/α-hetero) is 1.